The van der Waals surface area contributed by atoms with E-state index in [9.17, 15) is 18.4 Å². The number of rotatable bonds is 2. The van der Waals surface area contributed by atoms with Crippen molar-refractivity contribution in [2.45, 2.75) is 32.2 Å². The van der Waals surface area contributed by atoms with Gasteiger partial charge in [0.1, 0.15) is 12.6 Å². The predicted octanol–water partition coefficient (Wildman–Crippen LogP) is 2.12. The molecule has 2 amide bonds. The van der Waals surface area contributed by atoms with E-state index in [2.05, 4.69) is 5.32 Å². The molecular formula is C16H19F2N3O2. The van der Waals surface area contributed by atoms with Gasteiger partial charge in [-0.1, -0.05) is 0 Å². The van der Waals surface area contributed by atoms with Crippen molar-refractivity contribution >= 4 is 23.2 Å². The van der Waals surface area contributed by atoms with E-state index in [-0.39, 0.29) is 24.0 Å². The molecular weight excluding hydrogens is 304 g/mol. The van der Waals surface area contributed by atoms with E-state index < -0.39 is 17.7 Å². The molecule has 1 aromatic rings. The lowest BCUT2D eigenvalue weighted by atomic mass is 10.1. The van der Waals surface area contributed by atoms with Gasteiger partial charge in [-0.3, -0.25) is 14.5 Å². The lowest BCUT2D eigenvalue weighted by Crippen LogP contribution is -2.51. The number of hydrogen-bond acceptors (Lipinski definition) is 3. The number of hydrogen-bond donors (Lipinski definition) is 1. The van der Waals surface area contributed by atoms with Gasteiger partial charge in [0, 0.05) is 25.2 Å². The van der Waals surface area contributed by atoms with Crippen molar-refractivity contribution in [3.05, 3.63) is 23.8 Å². The van der Waals surface area contributed by atoms with E-state index in [1.807, 2.05) is 0 Å². The Hall–Kier alpha value is -2.18. The van der Waals surface area contributed by atoms with Gasteiger partial charge < -0.3 is 10.2 Å². The normalized spacial score (nSPS) is 21.0. The van der Waals surface area contributed by atoms with Crippen LogP contribution in [0, 0.1) is 11.6 Å². The first-order valence-electron chi connectivity index (χ1n) is 7.82. The lowest BCUT2D eigenvalue weighted by Gasteiger charge is -2.35. The van der Waals surface area contributed by atoms with Crippen LogP contribution >= 0.6 is 0 Å². The Kier molecular flexibility index (Phi) is 4.19. The molecule has 1 saturated heterocycles. The summed E-state index contributed by atoms with van der Waals surface area (Å²) in [4.78, 5) is 27.8. The van der Waals surface area contributed by atoms with Gasteiger partial charge in [0.2, 0.25) is 11.8 Å². The van der Waals surface area contributed by atoms with E-state index in [0.717, 1.165) is 31.4 Å². The van der Waals surface area contributed by atoms with Gasteiger partial charge in [-0.25, -0.2) is 8.78 Å². The van der Waals surface area contributed by atoms with Crippen LogP contribution < -0.4 is 10.2 Å². The number of carbonyl (C=O) groups is 2. The first-order chi connectivity index (χ1) is 11.0. The fraction of sp³-hybridized carbons (Fsp3) is 0.500. The molecule has 0 radical (unpaired) electrons. The predicted molar refractivity (Wildman–Crippen MR) is 82.2 cm³/mol. The fourth-order valence-electron chi connectivity index (χ4n) is 3.06. The number of benzene rings is 1. The molecule has 2 aliphatic rings. The summed E-state index contributed by atoms with van der Waals surface area (Å²) in [6.07, 6.45) is 3.00. The minimum atomic E-state index is -1.04. The van der Waals surface area contributed by atoms with Crippen LogP contribution in [0.5, 0.6) is 0 Å². The molecule has 2 aliphatic heterocycles. The minimum Gasteiger partial charge on any atom is -0.372 e. The van der Waals surface area contributed by atoms with Gasteiger partial charge in [0.25, 0.3) is 0 Å². The summed E-state index contributed by atoms with van der Waals surface area (Å²) in [5.41, 5.74) is 0.528. The second-order valence-electron chi connectivity index (χ2n) is 6.02. The average molecular weight is 323 g/mol. The molecule has 124 valence electrons. The molecule has 0 aromatic heterocycles. The molecule has 1 unspecified atom stereocenters. The van der Waals surface area contributed by atoms with Crippen LogP contribution in [0.2, 0.25) is 0 Å². The Bertz CT molecular complexity index is 644. The van der Waals surface area contributed by atoms with Crippen LogP contribution in [0.4, 0.5) is 20.2 Å². The summed E-state index contributed by atoms with van der Waals surface area (Å²) in [7, 11) is 0. The number of fused-ring (bicyclic) bond motifs is 1. The van der Waals surface area contributed by atoms with Gasteiger partial charge in [0.15, 0.2) is 11.6 Å². The van der Waals surface area contributed by atoms with Gasteiger partial charge in [-0.2, -0.15) is 0 Å². The summed E-state index contributed by atoms with van der Waals surface area (Å²) in [6, 6.07) is 1.39. The summed E-state index contributed by atoms with van der Waals surface area (Å²) in [6.45, 7) is 2.84. The van der Waals surface area contributed by atoms with Crippen molar-refractivity contribution in [1.82, 2.24) is 4.90 Å². The molecule has 0 saturated carbocycles. The highest BCUT2D eigenvalue weighted by molar-refractivity contribution is 6.07. The smallest absolute Gasteiger partial charge is 0.249 e. The zero-order valence-corrected chi connectivity index (χ0v) is 12.9. The topological polar surface area (TPSA) is 52.7 Å². The first-order valence-corrected chi connectivity index (χ1v) is 7.82. The molecule has 7 heteroatoms. The minimum absolute atomic E-state index is 0.150. The molecule has 2 heterocycles. The van der Waals surface area contributed by atoms with Gasteiger partial charge >= 0.3 is 0 Å². The van der Waals surface area contributed by atoms with Gasteiger partial charge in [0.05, 0.1) is 11.4 Å². The molecule has 3 rings (SSSR count). The number of carbonyl (C=O) groups excluding carboxylic acids is 2. The highest BCUT2D eigenvalue weighted by Crippen LogP contribution is 2.33. The van der Waals surface area contributed by atoms with Crippen molar-refractivity contribution < 1.29 is 18.4 Å². The Morgan fingerprint density at radius 1 is 1.22 bits per heavy atom. The SMILES string of the molecule is CC1Nc2cc(F)c(F)cc2N(CC(=O)N2CCCCC2)C1=O. The van der Waals surface area contributed by atoms with Gasteiger partial charge in [-0.05, 0) is 26.2 Å². The van der Waals surface area contributed by atoms with Crippen LogP contribution in [0.3, 0.4) is 0 Å². The van der Waals surface area contributed by atoms with E-state index in [0.29, 0.717) is 18.8 Å². The highest BCUT2D eigenvalue weighted by atomic mass is 19.2. The maximum Gasteiger partial charge on any atom is 0.249 e. The third-order valence-corrected chi connectivity index (χ3v) is 4.34. The van der Waals surface area contributed by atoms with Gasteiger partial charge in [-0.15, -0.1) is 0 Å². The molecule has 0 spiro atoms. The maximum atomic E-state index is 13.6. The van der Waals surface area contributed by atoms with Crippen LogP contribution in [0.25, 0.3) is 0 Å². The zero-order valence-electron chi connectivity index (χ0n) is 12.9. The number of likely N-dealkylation sites (tertiary alicyclic amines) is 1. The number of amides is 2. The Morgan fingerprint density at radius 3 is 2.57 bits per heavy atom. The molecule has 0 bridgehead atoms. The lowest BCUT2D eigenvalue weighted by molar-refractivity contribution is -0.132. The molecule has 23 heavy (non-hydrogen) atoms. The van der Waals surface area contributed by atoms with E-state index in [1.54, 1.807) is 11.8 Å². The summed E-state index contributed by atoms with van der Waals surface area (Å²) in [5, 5.41) is 2.84. The van der Waals surface area contributed by atoms with Crippen molar-refractivity contribution in [2.75, 3.05) is 29.9 Å². The van der Waals surface area contributed by atoms with Crippen molar-refractivity contribution in [2.24, 2.45) is 0 Å². The second-order valence-corrected chi connectivity index (χ2v) is 6.02. The van der Waals surface area contributed by atoms with Crippen LogP contribution in [-0.2, 0) is 9.59 Å². The van der Waals surface area contributed by atoms with Crippen LogP contribution in [0.1, 0.15) is 26.2 Å². The number of piperidine rings is 1. The molecule has 1 N–H and O–H groups in total. The molecule has 0 aliphatic carbocycles. The monoisotopic (exact) mass is 323 g/mol. The third kappa shape index (κ3) is 3.00. The number of halogens is 2. The summed E-state index contributed by atoms with van der Waals surface area (Å²) in [5.74, 6) is -2.51. The Labute approximate surface area is 133 Å². The number of nitrogens with one attached hydrogen (secondary N) is 1. The van der Waals surface area contributed by atoms with E-state index in [4.69, 9.17) is 0 Å². The van der Waals surface area contributed by atoms with Crippen LogP contribution in [0.15, 0.2) is 12.1 Å². The molecule has 1 atom stereocenters. The summed E-state index contributed by atoms with van der Waals surface area (Å²) >= 11 is 0. The number of anilines is 2. The maximum absolute atomic E-state index is 13.6. The fourth-order valence-corrected chi connectivity index (χ4v) is 3.06. The first kappa shape index (κ1) is 15.7. The average Bonchev–Trinajstić information content (AvgIpc) is 2.54. The second kappa shape index (κ2) is 6.14. The number of nitrogens with zero attached hydrogens (tertiary/aromatic N) is 2. The summed E-state index contributed by atoms with van der Waals surface area (Å²) < 4.78 is 27.0. The largest absolute Gasteiger partial charge is 0.372 e. The van der Waals surface area contributed by atoms with E-state index >= 15 is 0 Å². The third-order valence-electron chi connectivity index (χ3n) is 4.34. The quantitative estimate of drug-likeness (QED) is 0.907. The zero-order chi connectivity index (χ0) is 16.6. The molecule has 5 nitrogen and oxygen atoms in total. The highest BCUT2D eigenvalue weighted by Gasteiger charge is 2.33. The Morgan fingerprint density at radius 2 is 1.87 bits per heavy atom. The van der Waals surface area contributed by atoms with Crippen molar-refractivity contribution in [3.63, 3.8) is 0 Å². The molecule has 1 aromatic carbocycles. The van der Waals surface area contributed by atoms with E-state index in [1.165, 1.54) is 4.90 Å². The molecule has 1 fully saturated rings. The van der Waals surface area contributed by atoms with Crippen molar-refractivity contribution in [1.29, 1.82) is 0 Å². The standard InChI is InChI=1S/C16H19F2N3O2/c1-10-16(23)21(9-15(22)20-5-3-2-4-6-20)14-8-12(18)11(17)7-13(14)19-10/h7-8,10,19H,2-6,9H2,1H3. The van der Waals surface area contributed by atoms with Crippen LogP contribution in [-0.4, -0.2) is 42.4 Å². The van der Waals surface area contributed by atoms with Crippen molar-refractivity contribution in [3.8, 4) is 0 Å². The Balaban J connectivity index is 1.87.